The number of piperazine rings is 1. The van der Waals surface area contributed by atoms with Gasteiger partial charge in [-0.1, -0.05) is 25.1 Å². The predicted molar refractivity (Wildman–Crippen MR) is 112 cm³/mol. The zero-order chi connectivity index (χ0) is 20.8. The molecule has 0 bridgehead atoms. The first-order valence-electron chi connectivity index (χ1n) is 10.2. The SMILES string of the molecule is CCc1ccccc1Nc1nc(N)nc(C[NH+]2CC[NH+](CC(=O)N(C)C)CC2)n1. The van der Waals surface area contributed by atoms with E-state index < -0.39 is 0 Å². The molecule has 1 amide bonds. The monoisotopic (exact) mass is 400 g/mol. The molecule has 0 aliphatic carbocycles. The fourth-order valence-corrected chi connectivity index (χ4v) is 3.55. The maximum Gasteiger partial charge on any atom is 0.277 e. The van der Waals surface area contributed by atoms with Crippen molar-refractivity contribution in [1.29, 1.82) is 0 Å². The van der Waals surface area contributed by atoms with Crippen LogP contribution in [0.4, 0.5) is 17.6 Å². The molecule has 9 heteroatoms. The van der Waals surface area contributed by atoms with Crippen molar-refractivity contribution in [2.24, 2.45) is 0 Å². The number of nitrogens with one attached hydrogen (secondary N) is 3. The van der Waals surface area contributed by atoms with Gasteiger partial charge in [0.1, 0.15) is 32.7 Å². The Morgan fingerprint density at radius 3 is 2.48 bits per heavy atom. The van der Waals surface area contributed by atoms with E-state index in [-0.39, 0.29) is 11.9 Å². The molecule has 1 aromatic heterocycles. The molecule has 0 unspecified atom stereocenters. The Balaban J connectivity index is 1.60. The lowest BCUT2D eigenvalue weighted by Gasteiger charge is -2.29. The largest absolute Gasteiger partial charge is 0.368 e. The van der Waals surface area contributed by atoms with Gasteiger partial charge in [-0.3, -0.25) is 4.79 Å². The number of carbonyl (C=O) groups is 1. The van der Waals surface area contributed by atoms with Crippen LogP contribution < -0.4 is 20.9 Å². The molecule has 1 aromatic carbocycles. The van der Waals surface area contributed by atoms with Crippen molar-refractivity contribution in [2.45, 2.75) is 19.9 Å². The van der Waals surface area contributed by atoms with Crippen LogP contribution in [0, 0.1) is 0 Å². The summed E-state index contributed by atoms with van der Waals surface area (Å²) in [5.74, 6) is 1.58. The Hall–Kier alpha value is -2.78. The molecular formula is C20H32N8O+2. The number of anilines is 3. The fraction of sp³-hybridized carbons (Fsp3) is 0.500. The lowest BCUT2D eigenvalue weighted by Crippen LogP contribution is -3.28. The van der Waals surface area contributed by atoms with Gasteiger partial charge < -0.3 is 25.8 Å². The molecule has 156 valence electrons. The topological polar surface area (TPSA) is 106 Å². The Bertz CT molecular complexity index is 833. The van der Waals surface area contributed by atoms with Gasteiger partial charge >= 0.3 is 0 Å². The van der Waals surface area contributed by atoms with Crippen LogP contribution in [0.15, 0.2) is 24.3 Å². The van der Waals surface area contributed by atoms with Crippen molar-refractivity contribution < 1.29 is 14.6 Å². The molecule has 2 aromatic rings. The highest BCUT2D eigenvalue weighted by atomic mass is 16.2. The Morgan fingerprint density at radius 2 is 1.79 bits per heavy atom. The predicted octanol–water partition coefficient (Wildman–Crippen LogP) is -1.87. The van der Waals surface area contributed by atoms with Gasteiger partial charge in [0.15, 0.2) is 12.4 Å². The van der Waals surface area contributed by atoms with Crippen molar-refractivity contribution in [2.75, 3.05) is 57.9 Å². The molecular weight excluding hydrogens is 368 g/mol. The van der Waals surface area contributed by atoms with Gasteiger partial charge in [-0.25, -0.2) is 0 Å². The van der Waals surface area contributed by atoms with E-state index in [1.54, 1.807) is 19.0 Å². The Labute approximate surface area is 171 Å². The number of benzene rings is 1. The minimum atomic E-state index is 0.178. The molecule has 1 fully saturated rings. The second-order valence-electron chi connectivity index (χ2n) is 7.71. The van der Waals surface area contributed by atoms with Gasteiger partial charge in [0.25, 0.3) is 5.91 Å². The van der Waals surface area contributed by atoms with E-state index >= 15 is 0 Å². The summed E-state index contributed by atoms with van der Waals surface area (Å²) >= 11 is 0. The smallest absolute Gasteiger partial charge is 0.277 e. The molecule has 9 nitrogen and oxygen atoms in total. The average Bonchev–Trinajstić information content (AvgIpc) is 2.69. The standard InChI is InChI=1S/C20H30N8O/c1-4-15-7-5-6-8-16(15)22-20-24-17(23-19(21)25-20)13-27-9-11-28(12-10-27)14-18(29)26(2)3/h5-8H,4,9-14H2,1-3H3,(H3,21,22,23,24,25)/p+2. The maximum absolute atomic E-state index is 11.9. The van der Waals surface area contributed by atoms with Crippen molar-refractivity contribution in [3.8, 4) is 0 Å². The molecule has 2 heterocycles. The minimum Gasteiger partial charge on any atom is -0.368 e. The number of nitrogen functional groups attached to an aromatic ring is 1. The molecule has 0 saturated carbocycles. The van der Waals surface area contributed by atoms with E-state index in [1.165, 1.54) is 15.4 Å². The lowest BCUT2D eigenvalue weighted by atomic mass is 10.1. The number of nitrogens with zero attached hydrogens (tertiary/aromatic N) is 4. The molecule has 0 radical (unpaired) electrons. The molecule has 1 aliphatic rings. The van der Waals surface area contributed by atoms with Crippen molar-refractivity contribution in [1.82, 2.24) is 19.9 Å². The van der Waals surface area contributed by atoms with Crippen molar-refractivity contribution in [3.05, 3.63) is 35.7 Å². The quantitative estimate of drug-likeness (QED) is 0.434. The van der Waals surface area contributed by atoms with Crippen LogP contribution in [0.25, 0.3) is 0 Å². The number of rotatable bonds is 7. The van der Waals surface area contributed by atoms with Gasteiger partial charge in [-0.15, -0.1) is 0 Å². The summed E-state index contributed by atoms with van der Waals surface area (Å²) in [6.07, 6.45) is 0.920. The normalized spacial score (nSPS) is 19.0. The number of hydrogen-bond acceptors (Lipinski definition) is 6. The number of quaternary nitrogens is 2. The summed E-state index contributed by atoms with van der Waals surface area (Å²) in [5.41, 5.74) is 8.12. The van der Waals surface area contributed by atoms with E-state index in [1.807, 2.05) is 18.2 Å². The Morgan fingerprint density at radius 1 is 1.10 bits per heavy atom. The van der Waals surface area contributed by atoms with E-state index in [0.29, 0.717) is 24.9 Å². The molecule has 3 rings (SSSR count). The summed E-state index contributed by atoms with van der Waals surface area (Å²) < 4.78 is 0. The number of para-hydroxylation sites is 1. The number of aromatic nitrogens is 3. The third kappa shape index (κ3) is 5.85. The number of nitrogens with two attached hydrogens (primary N) is 1. The number of amides is 1. The van der Waals surface area contributed by atoms with Crippen molar-refractivity contribution >= 4 is 23.5 Å². The average molecular weight is 401 g/mol. The van der Waals surface area contributed by atoms with Crippen LogP contribution in [0.5, 0.6) is 0 Å². The molecule has 5 N–H and O–H groups in total. The highest BCUT2D eigenvalue weighted by Gasteiger charge is 2.26. The molecule has 1 aliphatic heterocycles. The second-order valence-corrected chi connectivity index (χ2v) is 7.71. The van der Waals surface area contributed by atoms with Gasteiger partial charge in [-0.2, -0.15) is 15.0 Å². The van der Waals surface area contributed by atoms with Crippen LogP contribution in [0.2, 0.25) is 0 Å². The fourth-order valence-electron chi connectivity index (χ4n) is 3.55. The van der Waals surface area contributed by atoms with Crippen LogP contribution in [-0.2, 0) is 17.8 Å². The third-order valence-corrected chi connectivity index (χ3v) is 5.32. The first-order chi connectivity index (χ1) is 13.9. The highest BCUT2D eigenvalue weighted by molar-refractivity contribution is 5.76. The summed E-state index contributed by atoms with van der Waals surface area (Å²) in [6, 6.07) is 8.11. The van der Waals surface area contributed by atoms with Gasteiger partial charge in [0.2, 0.25) is 11.9 Å². The van der Waals surface area contributed by atoms with Crippen LogP contribution in [0.1, 0.15) is 18.3 Å². The summed E-state index contributed by atoms with van der Waals surface area (Å²) in [6.45, 7) is 7.25. The van der Waals surface area contributed by atoms with Gasteiger partial charge in [-0.05, 0) is 18.1 Å². The first-order valence-corrected chi connectivity index (χ1v) is 10.2. The summed E-state index contributed by atoms with van der Waals surface area (Å²) in [4.78, 5) is 29.5. The van der Waals surface area contributed by atoms with Crippen LogP contribution >= 0.6 is 0 Å². The summed E-state index contributed by atoms with van der Waals surface area (Å²) in [7, 11) is 3.61. The highest BCUT2D eigenvalue weighted by Crippen LogP contribution is 2.19. The van der Waals surface area contributed by atoms with E-state index in [2.05, 4.69) is 33.3 Å². The first kappa shape index (κ1) is 20.9. The van der Waals surface area contributed by atoms with Gasteiger partial charge in [0.05, 0.1) is 0 Å². The number of hydrogen-bond donors (Lipinski definition) is 4. The molecule has 0 atom stereocenters. The number of aryl methyl sites for hydroxylation is 1. The third-order valence-electron chi connectivity index (χ3n) is 5.32. The van der Waals surface area contributed by atoms with Gasteiger partial charge in [0, 0.05) is 19.8 Å². The van der Waals surface area contributed by atoms with Crippen molar-refractivity contribution in [3.63, 3.8) is 0 Å². The van der Waals surface area contributed by atoms with Crippen LogP contribution in [0.3, 0.4) is 0 Å². The maximum atomic E-state index is 11.9. The zero-order valence-corrected chi connectivity index (χ0v) is 17.5. The van der Waals surface area contributed by atoms with E-state index in [4.69, 9.17) is 5.73 Å². The molecule has 29 heavy (non-hydrogen) atoms. The summed E-state index contributed by atoms with van der Waals surface area (Å²) in [5, 5.41) is 3.28. The second kappa shape index (κ2) is 9.62. The minimum absolute atomic E-state index is 0.178. The lowest BCUT2D eigenvalue weighted by molar-refractivity contribution is -1.02. The Kier molecular flexibility index (Phi) is 6.95. The number of carbonyl (C=O) groups excluding carboxylic acids is 1. The van der Waals surface area contributed by atoms with Crippen LogP contribution in [-0.4, -0.2) is 72.6 Å². The number of likely N-dealkylation sites (N-methyl/N-ethyl adjacent to an activating group) is 1. The van der Waals surface area contributed by atoms with E-state index in [0.717, 1.165) is 38.3 Å². The molecule has 1 saturated heterocycles. The van der Waals surface area contributed by atoms with E-state index in [9.17, 15) is 4.79 Å². The zero-order valence-electron chi connectivity index (χ0n) is 17.5. The molecule has 0 spiro atoms.